The van der Waals surface area contributed by atoms with Crippen molar-refractivity contribution in [3.8, 4) is 0 Å². The number of carbonyl (C=O) groups is 1. The zero-order valence-electron chi connectivity index (χ0n) is 9.99. The number of hydrogen-bond acceptors (Lipinski definition) is 3. The molecule has 0 saturated heterocycles. The van der Waals surface area contributed by atoms with Crippen molar-refractivity contribution in [2.45, 2.75) is 20.3 Å². The first-order valence-electron chi connectivity index (χ1n) is 5.62. The monoisotopic (exact) mass is 245 g/mol. The van der Waals surface area contributed by atoms with Gasteiger partial charge in [-0.1, -0.05) is 19.1 Å². The van der Waals surface area contributed by atoms with Crippen LogP contribution in [0.4, 0.5) is 5.69 Å². The summed E-state index contributed by atoms with van der Waals surface area (Å²) in [5.74, 6) is 0.0690. The van der Waals surface area contributed by atoms with Crippen molar-refractivity contribution < 1.29 is 4.79 Å². The third-order valence-electron chi connectivity index (χ3n) is 2.85. The normalized spacial score (nSPS) is 10.5. The molecule has 0 unspecified atom stereocenters. The molecule has 3 heteroatoms. The number of nitrogens with two attached hydrogens (primary N) is 1. The van der Waals surface area contributed by atoms with Gasteiger partial charge >= 0.3 is 0 Å². The molecule has 2 aromatic rings. The summed E-state index contributed by atoms with van der Waals surface area (Å²) in [6, 6.07) is 9.38. The SMILES string of the molecule is CCc1ccc(C(=O)c2cccc(N)c2C)s1. The first-order chi connectivity index (χ1) is 8.13. The highest BCUT2D eigenvalue weighted by atomic mass is 32.1. The van der Waals surface area contributed by atoms with Crippen LogP contribution in [0, 0.1) is 6.92 Å². The van der Waals surface area contributed by atoms with Crippen molar-refractivity contribution in [1.82, 2.24) is 0 Å². The number of carbonyl (C=O) groups excluding carboxylic acids is 1. The van der Waals surface area contributed by atoms with Gasteiger partial charge in [0.05, 0.1) is 4.88 Å². The van der Waals surface area contributed by atoms with E-state index in [1.165, 1.54) is 4.88 Å². The molecule has 2 rings (SSSR count). The standard InChI is InChI=1S/C14H15NOS/c1-3-10-7-8-13(17-10)14(16)11-5-4-6-12(15)9(11)2/h4-8H,3,15H2,1-2H3. The van der Waals surface area contributed by atoms with Gasteiger partial charge in [0.25, 0.3) is 0 Å². The van der Waals surface area contributed by atoms with Gasteiger partial charge in [-0.25, -0.2) is 0 Å². The predicted molar refractivity (Wildman–Crippen MR) is 72.7 cm³/mol. The Kier molecular flexibility index (Phi) is 3.29. The van der Waals surface area contributed by atoms with Crippen LogP contribution < -0.4 is 5.73 Å². The van der Waals surface area contributed by atoms with E-state index in [4.69, 9.17) is 5.73 Å². The summed E-state index contributed by atoms with van der Waals surface area (Å²) in [6.07, 6.45) is 0.966. The Morgan fingerprint density at radius 3 is 2.71 bits per heavy atom. The highest BCUT2D eigenvalue weighted by Crippen LogP contribution is 2.24. The number of anilines is 1. The van der Waals surface area contributed by atoms with Gasteiger partial charge in [-0.15, -0.1) is 11.3 Å². The summed E-state index contributed by atoms with van der Waals surface area (Å²) in [5, 5.41) is 0. The minimum atomic E-state index is 0.0690. The Balaban J connectivity index is 2.40. The Morgan fingerprint density at radius 2 is 2.06 bits per heavy atom. The van der Waals surface area contributed by atoms with Crippen LogP contribution in [0.3, 0.4) is 0 Å². The lowest BCUT2D eigenvalue weighted by molar-refractivity contribution is 0.104. The van der Waals surface area contributed by atoms with Gasteiger partial charge in [-0.3, -0.25) is 4.79 Å². The van der Waals surface area contributed by atoms with E-state index < -0.39 is 0 Å². The van der Waals surface area contributed by atoms with Crippen LogP contribution in [0.25, 0.3) is 0 Å². The molecule has 1 aromatic heterocycles. The largest absolute Gasteiger partial charge is 0.398 e. The lowest BCUT2D eigenvalue weighted by Gasteiger charge is -2.05. The number of aryl methyl sites for hydroxylation is 1. The quantitative estimate of drug-likeness (QED) is 0.665. The van der Waals surface area contributed by atoms with Crippen molar-refractivity contribution in [3.63, 3.8) is 0 Å². The first kappa shape index (κ1) is 11.9. The lowest BCUT2D eigenvalue weighted by Crippen LogP contribution is -2.03. The highest BCUT2D eigenvalue weighted by Gasteiger charge is 2.14. The molecule has 0 saturated carbocycles. The molecule has 88 valence electrons. The Bertz CT molecular complexity index is 557. The van der Waals surface area contributed by atoms with Crippen molar-refractivity contribution >= 4 is 22.8 Å². The molecule has 0 aliphatic rings. The molecule has 1 heterocycles. The molecular weight excluding hydrogens is 230 g/mol. The second kappa shape index (κ2) is 4.72. The van der Waals surface area contributed by atoms with Crippen molar-refractivity contribution in [2.75, 3.05) is 5.73 Å². The van der Waals surface area contributed by atoms with Crippen LogP contribution in [-0.4, -0.2) is 5.78 Å². The fourth-order valence-electron chi connectivity index (χ4n) is 1.72. The molecule has 17 heavy (non-hydrogen) atoms. The van der Waals surface area contributed by atoms with Gasteiger partial charge in [0, 0.05) is 16.1 Å². The molecule has 0 spiro atoms. The lowest BCUT2D eigenvalue weighted by atomic mass is 10.0. The summed E-state index contributed by atoms with van der Waals surface area (Å²) in [6.45, 7) is 3.97. The summed E-state index contributed by atoms with van der Waals surface area (Å²) in [7, 11) is 0. The molecule has 0 radical (unpaired) electrons. The van der Waals surface area contributed by atoms with Gasteiger partial charge in [0.2, 0.25) is 5.78 Å². The molecule has 0 amide bonds. The van der Waals surface area contributed by atoms with Crippen LogP contribution >= 0.6 is 11.3 Å². The van der Waals surface area contributed by atoms with Gasteiger partial charge in [0.1, 0.15) is 0 Å². The zero-order chi connectivity index (χ0) is 12.4. The van der Waals surface area contributed by atoms with Crippen LogP contribution in [0.15, 0.2) is 30.3 Å². The van der Waals surface area contributed by atoms with E-state index in [0.29, 0.717) is 11.3 Å². The Morgan fingerprint density at radius 1 is 1.29 bits per heavy atom. The van der Waals surface area contributed by atoms with Crippen LogP contribution in [0.5, 0.6) is 0 Å². The molecule has 0 atom stereocenters. The van der Waals surface area contributed by atoms with Gasteiger partial charge in [-0.05, 0) is 37.1 Å². The summed E-state index contributed by atoms with van der Waals surface area (Å²) >= 11 is 1.56. The van der Waals surface area contributed by atoms with E-state index in [-0.39, 0.29) is 5.78 Å². The van der Waals surface area contributed by atoms with Gasteiger partial charge in [-0.2, -0.15) is 0 Å². The second-order valence-corrected chi connectivity index (χ2v) is 5.14. The predicted octanol–water partition coefficient (Wildman–Crippen LogP) is 3.43. The minimum Gasteiger partial charge on any atom is -0.398 e. The van der Waals surface area contributed by atoms with Crippen LogP contribution in [0.1, 0.15) is 32.6 Å². The maximum atomic E-state index is 12.3. The maximum Gasteiger partial charge on any atom is 0.203 e. The Labute approximate surface area is 105 Å². The number of nitrogen functional groups attached to an aromatic ring is 1. The smallest absolute Gasteiger partial charge is 0.203 e. The van der Waals surface area contributed by atoms with E-state index in [1.807, 2.05) is 37.3 Å². The van der Waals surface area contributed by atoms with Crippen LogP contribution in [-0.2, 0) is 6.42 Å². The number of hydrogen-bond donors (Lipinski definition) is 1. The van der Waals surface area contributed by atoms with Crippen molar-refractivity contribution in [3.05, 3.63) is 51.2 Å². The third-order valence-corrected chi connectivity index (χ3v) is 4.08. The molecule has 0 bridgehead atoms. The highest BCUT2D eigenvalue weighted by molar-refractivity contribution is 7.14. The third kappa shape index (κ3) is 2.24. The first-order valence-corrected chi connectivity index (χ1v) is 6.43. The number of ketones is 1. The van der Waals surface area contributed by atoms with Gasteiger partial charge < -0.3 is 5.73 Å². The Hall–Kier alpha value is -1.61. The number of rotatable bonds is 3. The maximum absolute atomic E-state index is 12.3. The zero-order valence-corrected chi connectivity index (χ0v) is 10.8. The van der Waals surface area contributed by atoms with Gasteiger partial charge in [0.15, 0.2) is 0 Å². The number of thiophene rings is 1. The van der Waals surface area contributed by atoms with Crippen molar-refractivity contribution in [1.29, 1.82) is 0 Å². The van der Waals surface area contributed by atoms with Crippen molar-refractivity contribution in [2.24, 2.45) is 0 Å². The summed E-state index contributed by atoms with van der Waals surface area (Å²) < 4.78 is 0. The molecular formula is C14H15NOS. The minimum absolute atomic E-state index is 0.0690. The van der Waals surface area contributed by atoms with E-state index in [2.05, 4.69) is 6.92 Å². The second-order valence-electron chi connectivity index (χ2n) is 3.97. The van der Waals surface area contributed by atoms with E-state index >= 15 is 0 Å². The van der Waals surface area contributed by atoms with E-state index in [0.717, 1.165) is 16.9 Å². The van der Waals surface area contributed by atoms with E-state index in [1.54, 1.807) is 11.3 Å². The molecule has 0 aliphatic carbocycles. The van der Waals surface area contributed by atoms with Crippen LogP contribution in [0.2, 0.25) is 0 Å². The topological polar surface area (TPSA) is 43.1 Å². The number of benzene rings is 1. The summed E-state index contributed by atoms with van der Waals surface area (Å²) in [4.78, 5) is 14.3. The molecule has 2 N–H and O–H groups in total. The fraction of sp³-hybridized carbons (Fsp3) is 0.214. The molecule has 2 nitrogen and oxygen atoms in total. The molecule has 0 fully saturated rings. The summed E-state index contributed by atoms with van der Waals surface area (Å²) in [5.41, 5.74) is 8.06. The average Bonchev–Trinajstić information content (AvgIpc) is 2.80. The van der Waals surface area contributed by atoms with E-state index in [9.17, 15) is 4.79 Å². The molecule has 1 aromatic carbocycles. The molecule has 0 aliphatic heterocycles. The fourth-order valence-corrected chi connectivity index (χ4v) is 2.62. The average molecular weight is 245 g/mol.